The van der Waals surface area contributed by atoms with Crippen LogP contribution in [0, 0.1) is 3.95 Å². The van der Waals surface area contributed by atoms with Crippen molar-refractivity contribution in [2.75, 3.05) is 6.26 Å². The molecule has 0 aliphatic heterocycles. The van der Waals surface area contributed by atoms with Crippen molar-refractivity contribution in [3.05, 3.63) is 15.5 Å². The van der Waals surface area contributed by atoms with Gasteiger partial charge in [0.2, 0.25) is 0 Å². The first kappa shape index (κ1) is 10.8. The second kappa shape index (κ2) is 6.19. The summed E-state index contributed by atoms with van der Waals surface area (Å²) < 4.78 is 5.25. The lowest BCUT2D eigenvalue weighted by molar-refractivity contribution is 1.00. The average molecular weight is 250 g/mol. The van der Waals surface area contributed by atoms with E-state index in [-0.39, 0.29) is 0 Å². The molecule has 0 saturated carbocycles. The van der Waals surface area contributed by atoms with Crippen LogP contribution in [-0.4, -0.2) is 26.0 Å². The first-order valence-corrected chi connectivity index (χ1v) is 6.42. The molecule has 13 heavy (non-hydrogen) atoms. The minimum atomic E-state index is 0.745. The summed E-state index contributed by atoms with van der Waals surface area (Å²) in [6.07, 6.45) is 3.63. The van der Waals surface area contributed by atoms with Crippen LogP contribution < -0.4 is 0 Å². The third kappa shape index (κ3) is 4.46. The van der Waals surface area contributed by atoms with Gasteiger partial charge in [-0.2, -0.15) is 5.10 Å². The molecular weight excluding hydrogens is 244 g/mol. The molecule has 0 atom stereocenters. The largest absolute Gasteiger partial charge is 0.257 e. The normalized spacial score (nSPS) is 9.00. The van der Waals surface area contributed by atoms with E-state index in [1.807, 2.05) is 11.6 Å². The van der Waals surface area contributed by atoms with E-state index in [0.29, 0.717) is 0 Å². The van der Waals surface area contributed by atoms with E-state index in [0.717, 1.165) is 8.29 Å². The molecule has 2 heterocycles. The molecule has 0 radical (unpaired) electrons. The summed E-state index contributed by atoms with van der Waals surface area (Å²) in [5.74, 6) is 0. The number of rotatable bonds is 1. The molecule has 8 heteroatoms. The van der Waals surface area contributed by atoms with E-state index in [2.05, 4.69) is 19.8 Å². The van der Waals surface area contributed by atoms with Gasteiger partial charge in [0.25, 0.3) is 0 Å². The van der Waals surface area contributed by atoms with Gasteiger partial charge in [0, 0.05) is 5.38 Å². The Balaban J connectivity index is 0.000000145. The second-order valence-corrected chi connectivity index (χ2v) is 5.04. The summed E-state index contributed by atoms with van der Waals surface area (Å²) in [5.41, 5.74) is 0. The summed E-state index contributed by atoms with van der Waals surface area (Å²) in [6.45, 7) is 0. The van der Waals surface area contributed by atoms with Crippen molar-refractivity contribution in [3.63, 3.8) is 0 Å². The third-order valence-electron chi connectivity index (χ3n) is 0.876. The lowest BCUT2D eigenvalue weighted by atomic mass is 11.1. The van der Waals surface area contributed by atoms with Gasteiger partial charge >= 0.3 is 0 Å². The van der Waals surface area contributed by atoms with Crippen LogP contribution in [0.15, 0.2) is 15.9 Å². The van der Waals surface area contributed by atoms with Gasteiger partial charge in [-0.05, 0) is 30.0 Å². The summed E-state index contributed by atoms with van der Waals surface area (Å²) in [4.78, 5) is 0. The van der Waals surface area contributed by atoms with Crippen LogP contribution in [0.2, 0.25) is 0 Å². The Morgan fingerprint density at radius 1 is 1.62 bits per heavy atom. The van der Waals surface area contributed by atoms with Crippen LogP contribution in [0.3, 0.4) is 0 Å². The van der Waals surface area contributed by atoms with Gasteiger partial charge in [-0.25, -0.2) is 0 Å². The minimum absolute atomic E-state index is 0.745. The molecule has 0 bridgehead atoms. The Hall–Kier alpha value is -0.310. The van der Waals surface area contributed by atoms with Crippen molar-refractivity contribution in [2.24, 2.45) is 0 Å². The monoisotopic (exact) mass is 250 g/mol. The van der Waals surface area contributed by atoms with Crippen molar-refractivity contribution >= 4 is 46.8 Å². The van der Waals surface area contributed by atoms with E-state index < -0.39 is 0 Å². The van der Waals surface area contributed by atoms with E-state index in [9.17, 15) is 0 Å². The maximum atomic E-state index is 4.79. The summed E-state index contributed by atoms with van der Waals surface area (Å²) >= 11 is 9.24. The quantitative estimate of drug-likeness (QED) is 0.622. The highest BCUT2D eigenvalue weighted by Gasteiger charge is 1.89. The molecule has 0 spiro atoms. The van der Waals surface area contributed by atoms with E-state index in [4.69, 9.17) is 12.2 Å². The number of hydrogen-bond acceptors (Lipinski definition) is 7. The number of nitrogens with one attached hydrogen (secondary N) is 1. The van der Waals surface area contributed by atoms with Crippen LogP contribution >= 0.6 is 46.8 Å². The molecule has 1 N–H and O–H groups in total. The highest BCUT2D eigenvalue weighted by Crippen LogP contribution is 2.15. The summed E-state index contributed by atoms with van der Waals surface area (Å²) in [7, 11) is 0. The molecule has 0 aliphatic rings. The van der Waals surface area contributed by atoms with E-state index in [1.165, 1.54) is 22.9 Å². The predicted octanol–water partition coefficient (Wildman–Crippen LogP) is 2.46. The van der Waals surface area contributed by atoms with Crippen LogP contribution in [0.25, 0.3) is 0 Å². The fourth-order valence-corrected chi connectivity index (χ4v) is 2.21. The van der Waals surface area contributed by atoms with Crippen LogP contribution in [0.1, 0.15) is 0 Å². The number of aromatic amines is 1. The predicted molar refractivity (Wildman–Crippen MR) is 59.0 cm³/mol. The zero-order chi connectivity index (χ0) is 9.52. The molecule has 70 valence electrons. The number of aromatic nitrogens is 4. The van der Waals surface area contributed by atoms with Gasteiger partial charge in [0.05, 0.1) is 6.20 Å². The first-order chi connectivity index (χ1) is 6.33. The lowest BCUT2D eigenvalue weighted by Gasteiger charge is -1.75. The molecule has 0 aliphatic carbocycles. The summed E-state index contributed by atoms with van der Waals surface area (Å²) in [6, 6.07) is 0. The lowest BCUT2D eigenvalue weighted by Crippen LogP contribution is -1.65. The number of nitrogens with zero attached hydrogens (tertiary/aromatic N) is 3. The molecule has 2 aromatic heterocycles. The zero-order valence-corrected chi connectivity index (χ0v) is 9.90. The maximum Gasteiger partial charge on any atom is 0.177 e. The van der Waals surface area contributed by atoms with Gasteiger partial charge in [0.15, 0.2) is 8.29 Å². The van der Waals surface area contributed by atoms with Gasteiger partial charge in [-0.3, -0.25) is 5.10 Å². The minimum Gasteiger partial charge on any atom is -0.257 e. The molecule has 2 rings (SSSR count). The molecular formula is C5H6N4S4. The van der Waals surface area contributed by atoms with Crippen molar-refractivity contribution in [3.8, 4) is 0 Å². The molecule has 4 nitrogen and oxygen atoms in total. The molecule has 0 fully saturated rings. The van der Waals surface area contributed by atoms with Gasteiger partial charge in [-0.1, -0.05) is 27.6 Å². The topological polar surface area (TPSA) is 54.5 Å². The Bertz CT molecular complexity index is 347. The third-order valence-corrected chi connectivity index (χ3v) is 3.38. The zero-order valence-electron chi connectivity index (χ0n) is 6.63. The highest BCUT2D eigenvalue weighted by atomic mass is 32.2. The standard InChI is InChI=1S/C3H4N2S3.C2H2N2S/c1-7-3-5-4-2(6)8-3;1-2-5-4-3-1/h1H3,(H,4,6);1-2H. The number of thioether (sulfide) groups is 1. The van der Waals surface area contributed by atoms with E-state index >= 15 is 0 Å². The Labute approximate surface area is 92.6 Å². The van der Waals surface area contributed by atoms with Crippen molar-refractivity contribution in [1.82, 2.24) is 19.8 Å². The SMILES string of the molecule is CSc1n[nH]c(=S)s1.c1csnn1. The number of H-pyrrole nitrogens is 1. The van der Waals surface area contributed by atoms with Gasteiger partial charge in [-0.15, -0.1) is 5.10 Å². The maximum absolute atomic E-state index is 4.79. The van der Waals surface area contributed by atoms with Crippen LogP contribution in [0.4, 0.5) is 0 Å². The second-order valence-electron chi connectivity index (χ2n) is 1.67. The van der Waals surface area contributed by atoms with Crippen molar-refractivity contribution < 1.29 is 0 Å². The van der Waals surface area contributed by atoms with Gasteiger partial charge < -0.3 is 0 Å². The van der Waals surface area contributed by atoms with Crippen molar-refractivity contribution in [1.29, 1.82) is 0 Å². The molecule has 0 unspecified atom stereocenters. The molecule has 0 saturated heterocycles. The Morgan fingerprint density at radius 3 is 2.69 bits per heavy atom. The Kier molecular flexibility index (Phi) is 5.13. The van der Waals surface area contributed by atoms with Crippen molar-refractivity contribution in [2.45, 2.75) is 4.34 Å². The highest BCUT2D eigenvalue weighted by molar-refractivity contribution is 8.00. The van der Waals surface area contributed by atoms with Crippen LogP contribution in [0.5, 0.6) is 0 Å². The van der Waals surface area contributed by atoms with E-state index in [1.54, 1.807) is 18.0 Å². The number of hydrogen-bond donors (Lipinski definition) is 1. The average Bonchev–Trinajstić information content (AvgIpc) is 2.76. The smallest absolute Gasteiger partial charge is 0.177 e. The molecule has 2 aromatic rings. The molecule has 0 amide bonds. The van der Waals surface area contributed by atoms with Gasteiger partial charge in [0.1, 0.15) is 0 Å². The fourth-order valence-electron chi connectivity index (χ4n) is 0.440. The Morgan fingerprint density at radius 2 is 2.46 bits per heavy atom. The molecule has 0 aromatic carbocycles. The first-order valence-electron chi connectivity index (χ1n) is 3.13. The fraction of sp³-hybridized carbons (Fsp3) is 0.200. The van der Waals surface area contributed by atoms with Crippen LogP contribution in [-0.2, 0) is 0 Å². The summed E-state index contributed by atoms with van der Waals surface area (Å²) in [5, 5.41) is 11.9.